The number of fused-ring (bicyclic) bond motifs is 1. The van der Waals surface area contributed by atoms with Gasteiger partial charge in [0.1, 0.15) is 0 Å². The van der Waals surface area contributed by atoms with Gasteiger partial charge in [-0.1, -0.05) is 18.2 Å². The Kier molecular flexibility index (Phi) is 5.01. The molecule has 3 rings (SSSR count). The Balaban J connectivity index is 1.80. The molecule has 2 aromatic heterocycles. The van der Waals surface area contributed by atoms with Crippen LogP contribution in [0.1, 0.15) is 30.5 Å². The number of nitrogens with one attached hydrogen (secondary N) is 2. The van der Waals surface area contributed by atoms with Crippen LogP contribution in [0.15, 0.2) is 30.6 Å². The molecule has 0 aliphatic carbocycles. The minimum Gasteiger partial charge on any atom is -0.447 e. The van der Waals surface area contributed by atoms with Crippen molar-refractivity contribution in [2.24, 2.45) is 0 Å². The second-order valence-electron chi connectivity index (χ2n) is 6.28. The molecule has 2 heterocycles. The van der Waals surface area contributed by atoms with Gasteiger partial charge in [0.2, 0.25) is 11.6 Å². The second-order valence-corrected chi connectivity index (χ2v) is 6.28. The van der Waals surface area contributed by atoms with Gasteiger partial charge in [0.25, 0.3) is 0 Å². The third-order valence-electron chi connectivity index (χ3n) is 4.05. The number of aryl methyl sites for hydroxylation is 1. The molecule has 0 radical (unpaired) electrons. The Morgan fingerprint density at radius 2 is 2.08 bits per heavy atom. The monoisotopic (exact) mass is 354 g/mol. The first-order valence-corrected chi connectivity index (χ1v) is 8.42. The van der Waals surface area contributed by atoms with E-state index in [-0.39, 0.29) is 12.1 Å². The molecule has 0 saturated carbocycles. The van der Waals surface area contributed by atoms with Crippen molar-refractivity contribution in [1.29, 1.82) is 0 Å². The first-order chi connectivity index (χ1) is 12.5. The van der Waals surface area contributed by atoms with Crippen molar-refractivity contribution < 1.29 is 9.53 Å². The van der Waals surface area contributed by atoms with Crippen LogP contribution in [0, 0.1) is 13.8 Å². The van der Waals surface area contributed by atoms with Gasteiger partial charge in [0, 0.05) is 18.9 Å². The summed E-state index contributed by atoms with van der Waals surface area (Å²) in [5.74, 6) is 0.869. The molecule has 1 aromatic carbocycles. The lowest BCUT2D eigenvalue weighted by Gasteiger charge is -2.11. The molecular weight excluding hydrogens is 332 g/mol. The Labute approximate surface area is 151 Å². The highest BCUT2D eigenvalue weighted by Crippen LogP contribution is 2.18. The minimum absolute atomic E-state index is 0.217. The second kappa shape index (κ2) is 7.38. The third-order valence-corrected chi connectivity index (χ3v) is 4.05. The first kappa shape index (κ1) is 17.7. The van der Waals surface area contributed by atoms with E-state index < -0.39 is 6.09 Å². The van der Waals surface area contributed by atoms with Gasteiger partial charge in [0.05, 0.1) is 6.10 Å². The maximum Gasteiger partial charge on any atom is 0.414 e. The number of amides is 1. The molecule has 0 saturated heterocycles. The van der Waals surface area contributed by atoms with Crippen molar-refractivity contribution in [2.75, 3.05) is 10.6 Å². The number of nitrogens with zero attached hydrogens (tertiary/aromatic N) is 4. The highest BCUT2D eigenvalue weighted by molar-refractivity contribution is 5.83. The SMILES string of the molecule is Cc1cccc(CNc2nccn3c(NC(=O)OC(C)C)nnc23)c1C. The predicted octanol–water partition coefficient (Wildman–Crippen LogP) is 3.31. The number of hydrogen-bond acceptors (Lipinski definition) is 6. The zero-order valence-electron chi connectivity index (χ0n) is 15.3. The summed E-state index contributed by atoms with van der Waals surface area (Å²) in [4.78, 5) is 16.1. The van der Waals surface area contributed by atoms with Crippen LogP contribution >= 0.6 is 0 Å². The molecule has 3 aromatic rings. The molecule has 0 aliphatic heterocycles. The fourth-order valence-electron chi connectivity index (χ4n) is 2.55. The van der Waals surface area contributed by atoms with Gasteiger partial charge in [-0.3, -0.25) is 9.72 Å². The van der Waals surface area contributed by atoms with E-state index in [9.17, 15) is 4.79 Å². The predicted molar refractivity (Wildman–Crippen MR) is 99.3 cm³/mol. The molecule has 26 heavy (non-hydrogen) atoms. The molecule has 0 fully saturated rings. The molecule has 8 heteroatoms. The van der Waals surface area contributed by atoms with Gasteiger partial charge in [-0.2, -0.15) is 0 Å². The molecule has 8 nitrogen and oxygen atoms in total. The smallest absolute Gasteiger partial charge is 0.414 e. The normalized spacial score (nSPS) is 11.0. The van der Waals surface area contributed by atoms with Gasteiger partial charge >= 0.3 is 6.09 Å². The lowest BCUT2D eigenvalue weighted by Crippen LogP contribution is -2.19. The highest BCUT2D eigenvalue weighted by atomic mass is 16.6. The molecule has 0 aliphatic rings. The maximum absolute atomic E-state index is 11.8. The Morgan fingerprint density at radius 1 is 1.27 bits per heavy atom. The summed E-state index contributed by atoms with van der Waals surface area (Å²) in [6, 6.07) is 6.20. The molecule has 1 amide bonds. The molecule has 2 N–H and O–H groups in total. The van der Waals surface area contributed by atoms with Crippen molar-refractivity contribution >= 4 is 23.5 Å². The van der Waals surface area contributed by atoms with Crippen molar-refractivity contribution in [3.05, 3.63) is 47.3 Å². The zero-order valence-corrected chi connectivity index (χ0v) is 15.3. The summed E-state index contributed by atoms with van der Waals surface area (Å²) in [6.07, 6.45) is 2.52. The zero-order chi connectivity index (χ0) is 18.7. The van der Waals surface area contributed by atoms with Gasteiger partial charge in [-0.05, 0) is 44.4 Å². The molecule has 0 spiro atoms. The van der Waals surface area contributed by atoms with Gasteiger partial charge in [0.15, 0.2) is 5.82 Å². The van der Waals surface area contributed by atoms with E-state index in [2.05, 4.69) is 51.8 Å². The summed E-state index contributed by atoms with van der Waals surface area (Å²) < 4.78 is 6.72. The van der Waals surface area contributed by atoms with Crippen LogP contribution in [0.3, 0.4) is 0 Å². The Bertz CT molecular complexity index is 935. The first-order valence-electron chi connectivity index (χ1n) is 8.42. The molecule has 0 bridgehead atoms. The van der Waals surface area contributed by atoms with Crippen LogP contribution in [-0.2, 0) is 11.3 Å². The van der Waals surface area contributed by atoms with E-state index in [0.717, 1.165) is 0 Å². The van der Waals surface area contributed by atoms with Crippen LogP contribution in [0.2, 0.25) is 0 Å². The van der Waals surface area contributed by atoms with Crippen molar-refractivity contribution in [2.45, 2.75) is 40.3 Å². The summed E-state index contributed by atoms with van der Waals surface area (Å²) in [6.45, 7) is 8.36. The van der Waals surface area contributed by atoms with E-state index in [4.69, 9.17) is 4.74 Å². The van der Waals surface area contributed by atoms with Crippen LogP contribution in [0.5, 0.6) is 0 Å². The third kappa shape index (κ3) is 3.74. The van der Waals surface area contributed by atoms with Gasteiger partial charge in [-0.15, -0.1) is 10.2 Å². The molecular formula is C18H22N6O2. The number of hydrogen-bond donors (Lipinski definition) is 2. The highest BCUT2D eigenvalue weighted by Gasteiger charge is 2.14. The number of benzene rings is 1. The van der Waals surface area contributed by atoms with E-state index in [1.54, 1.807) is 30.6 Å². The number of aromatic nitrogens is 4. The van der Waals surface area contributed by atoms with Crippen LogP contribution in [0.25, 0.3) is 5.65 Å². The average molecular weight is 354 g/mol. The van der Waals surface area contributed by atoms with Crippen molar-refractivity contribution in [1.82, 2.24) is 19.6 Å². The van der Waals surface area contributed by atoms with Gasteiger partial charge < -0.3 is 10.1 Å². The van der Waals surface area contributed by atoms with Crippen LogP contribution in [-0.4, -0.2) is 31.8 Å². The van der Waals surface area contributed by atoms with Crippen molar-refractivity contribution in [3.63, 3.8) is 0 Å². The van der Waals surface area contributed by atoms with Gasteiger partial charge in [-0.25, -0.2) is 9.78 Å². The maximum atomic E-state index is 11.8. The lowest BCUT2D eigenvalue weighted by atomic mass is 10.0. The van der Waals surface area contributed by atoms with E-state index in [0.29, 0.717) is 18.0 Å². The number of carbonyl (C=O) groups is 1. The summed E-state index contributed by atoms with van der Waals surface area (Å²) >= 11 is 0. The molecule has 0 atom stereocenters. The number of anilines is 2. The number of ether oxygens (including phenoxy) is 1. The van der Waals surface area contributed by atoms with E-state index in [1.165, 1.54) is 16.7 Å². The Morgan fingerprint density at radius 3 is 2.85 bits per heavy atom. The topological polar surface area (TPSA) is 93.4 Å². The lowest BCUT2D eigenvalue weighted by molar-refractivity contribution is 0.129. The average Bonchev–Trinajstić information content (AvgIpc) is 2.99. The number of rotatable bonds is 5. The minimum atomic E-state index is -0.573. The standard InChI is InChI=1S/C18H22N6O2/c1-11(2)26-18(25)21-17-23-22-16-15(19-8-9-24(16)17)20-10-14-7-5-6-12(3)13(14)4/h5-9,11H,10H2,1-4H3,(H,19,20)(H,21,23,25). The van der Waals surface area contributed by atoms with E-state index >= 15 is 0 Å². The summed E-state index contributed by atoms with van der Waals surface area (Å²) in [7, 11) is 0. The summed E-state index contributed by atoms with van der Waals surface area (Å²) in [5.41, 5.74) is 4.20. The number of carbonyl (C=O) groups excluding carboxylic acids is 1. The molecule has 136 valence electrons. The largest absolute Gasteiger partial charge is 0.447 e. The van der Waals surface area contributed by atoms with Crippen LogP contribution in [0.4, 0.5) is 16.6 Å². The fraction of sp³-hybridized carbons (Fsp3) is 0.333. The summed E-state index contributed by atoms with van der Waals surface area (Å²) in [5, 5.41) is 14.0. The van der Waals surface area contributed by atoms with E-state index in [1.807, 2.05) is 6.07 Å². The van der Waals surface area contributed by atoms with Crippen molar-refractivity contribution in [3.8, 4) is 0 Å². The Hall–Kier alpha value is -3.16. The van der Waals surface area contributed by atoms with Crippen LogP contribution < -0.4 is 10.6 Å². The fourth-order valence-corrected chi connectivity index (χ4v) is 2.55. The molecule has 0 unspecified atom stereocenters. The quantitative estimate of drug-likeness (QED) is 0.730.